The first-order chi connectivity index (χ1) is 9.13. The Morgan fingerprint density at radius 3 is 2.79 bits per heavy atom. The molecule has 0 aliphatic carbocycles. The Labute approximate surface area is 121 Å². The van der Waals surface area contributed by atoms with Gasteiger partial charge in [-0.25, -0.2) is 4.39 Å². The Hall–Kier alpha value is -1.20. The van der Waals surface area contributed by atoms with Gasteiger partial charge in [-0.3, -0.25) is 4.68 Å². The largest absolute Gasteiger partial charge is 0.309 e. The van der Waals surface area contributed by atoms with E-state index in [0.717, 1.165) is 28.6 Å². The minimum atomic E-state index is -0.245. The zero-order valence-corrected chi connectivity index (χ0v) is 12.6. The van der Waals surface area contributed by atoms with Crippen molar-refractivity contribution in [1.29, 1.82) is 0 Å². The summed E-state index contributed by atoms with van der Waals surface area (Å²) in [6.07, 6.45) is 4.87. The molecule has 1 N–H and O–H groups in total. The van der Waals surface area contributed by atoms with Gasteiger partial charge in [-0.05, 0) is 37.2 Å². The van der Waals surface area contributed by atoms with Crippen LogP contribution >= 0.6 is 15.9 Å². The molecule has 2 rings (SSSR count). The van der Waals surface area contributed by atoms with Gasteiger partial charge in [0.05, 0.1) is 12.2 Å². The molecule has 0 aliphatic rings. The van der Waals surface area contributed by atoms with E-state index in [1.807, 2.05) is 30.2 Å². The van der Waals surface area contributed by atoms with Crippen molar-refractivity contribution in [2.75, 3.05) is 7.05 Å². The van der Waals surface area contributed by atoms with Crippen LogP contribution in [0.5, 0.6) is 0 Å². The molecular formula is C14H17BrFN3. The number of hydrogen-bond donors (Lipinski definition) is 1. The fourth-order valence-corrected chi connectivity index (χ4v) is 2.63. The SMILES string of the molecule is CCCn1cc(C(NC)c2cc(F)cc(Br)c2)cn1. The normalized spacial score (nSPS) is 12.6. The van der Waals surface area contributed by atoms with Crippen LogP contribution in [0, 0.1) is 5.82 Å². The third-order valence-electron chi connectivity index (χ3n) is 2.95. The first-order valence-electron chi connectivity index (χ1n) is 6.29. The van der Waals surface area contributed by atoms with Gasteiger partial charge in [0.1, 0.15) is 5.82 Å². The van der Waals surface area contributed by atoms with E-state index >= 15 is 0 Å². The lowest BCUT2D eigenvalue weighted by Gasteiger charge is -2.15. The summed E-state index contributed by atoms with van der Waals surface area (Å²) in [5, 5.41) is 7.52. The summed E-state index contributed by atoms with van der Waals surface area (Å²) in [6, 6.07) is 4.86. The van der Waals surface area contributed by atoms with Crippen molar-refractivity contribution in [3.63, 3.8) is 0 Å². The van der Waals surface area contributed by atoms with Crippen LogP contribution in [0.3, 0.4) is 0 Å². The van der Waals surface area contributed by atoms with E-state index in [4.69, 9.17) is 0 Å². The fourth-order valence-electron chi connectivity index (χ4n) is 2.15. The van der Waals surface area contributed by atoms with Crippen molar-refractivity contribution in [2.24, 2.45) is 0 Å². The highest BCUT2D eigenvalue weighted by Crippen LogP contribution is 2.25. The van der Waals surface area contributed by atoms with Crippen LogP contribution < -0.4 is 5.32 Å². The zero-order chi connectivity index (χ0) is 13.8. The monoisotopic (exact) mass is 325 g/mol. The van der Waals surface area contributed by atoms with Crippen molar-refractivity contribution in [2.45, 2.75) is 25.9 Å². The highest BCUT2D eigenvalue weighted by molar-refractivity contribution is 9.10. The van der Waals surface area contributed by atoms with Gasteiger partial charge in [-0.15, -0.1) is 0 Å². The number of halogens is 2. The molecule has 1 unspecified atom stereocenters. The molecule has 0 fully saturated rings. The summed E-state index contributed by atoms with van der Waals surface area (Å²) >= 11 is 3.32. The Morgan fingerprint density at radius 2 is 2.16 bits per heavy atom. The molecule has 0 saturated heterocycles. The van der Waals surface area contributed by atoms with Gasteiger partial charge in [-0.2, -0.15) is 5.10 Å². The maximum atomic E-state index is 13.5. The number of aromatic nitrogens is 2. The van der Waals surface area contributed by atoms with Crippen LogP contribution in [0.15, 0.2) is 35.1 Å². The van der Waals surface area contributed by atoms with E-state index in [-0.39, 0.29) is 11.9 Å². The second kappa shape index (κ2) is 6.30. The fraction of sp³-hybridized carbons (Fsp3) is 0.357. The molecule has 1 atom stereocenters. The zero-order valence-electron chi connectivity index (χ0n) is 11.0. The average Bonchev–Trinajstić information content (AvgIpc) is 2.78. The third-order valence-corrected chi connectivity index (χ3v) is 3.40. The lowest BCUT2D eigenvalue weighted by atomic mass is 10.0. The van der Waals surface area contributed by atoms with Crippen molar-refractivity contribution in [3.05, 3.63) is 52.0 Å². The summed E-state index contributed by atoms with van der Waals surface area (Å²) in [6.45, 7) is 3.00. The molecule has 0 radical (unpaired) electrons. The quantitative estimate of drug-likeness (QED) is 0.911. The smallest absolute Gasteiger partial charge is 0.124 e. The summed E-state index contributed by atoms with van der Waals surface area (Å²) < 4.78 is 16.1. The van der Waals surface area contributed by atoms with E-state index in [1.54, 1.807) is 6.07 Å². The van der Waals surface area contributed by atoms with E-state index in [1.165, 1.54) is 6.07 Å². The first-order valence-corrected chi connectivity index (χ1v) is 7.09. The highest BCUT2D eigenvalue weighted by Gasteiger charge is 2.15. The van der Waals surface area contributed by atoms with Crippen molar-refractivity contribution >= 4 is 15.9 Å². The maximum absolute atomic E-state index is 13.5. The van der Waals surface area contributed by atoms with Crippen LogP contribution in [-0.4, -0.2) is 16.8 Å². The highest BCUT2D eigenvalue weighted by atomic mass is 79.9. The number of nitrogens with one attached hydrogen (secondary N) is 1. The molecular weight excluding hydrogens is 309 g/mol. The molecule has 1 heterocycles. The first kappa shape index (κ1) is 14.2. The van der Waals surface area contributed by atoms with Crippen LogP contribution in [0.1, 0.15) is 30.5 Å². The molecule has 0 amide bonds. The summed E-state index contributed by atoms with van der Waals surface area (Å²) in [7, 11) is 1.86. The summed E-state index contributed by atoms with van der Waals surface area (Å²) in [5.41, 5.74) is 1.92. The molecule has 0 aliphatic heterocycles. The van der Waals surface area contributed by atoms with Gasteiger partial charge in [0.25, 0.3) is 0 Å². The second-order valence-electron chi connectivity index (χ2n) is 4.46. The molecule has 102 valence electrons. The minimum absolute atomic E-state index is 0.0578. The minimum Gasteiger partial charge on any atom is -0.309 e. The van der Waals surface area contributed by atoms with E-state index < -0.39 is 0 Å². The van der Waals surface area contributed by atoms with Crippen molar-refractivity contribution in [3.8, 4) is 0 Å². The Balaban J connectivity index is 2.32. The topological polar surface area (TPSA) is 29.9 Å². The summed E-state index contributed by atoms with van der Waals surface area (Å²) in [4.78, 5) is 0. The van der Waals surface area contributed by atoms with E-state index in [0.29, 0.717) is 0 Å². The number of nitrogens with zero attached hydrogens (tertiary/aromatic N) is 2. The van der Waals surface area contributed by atoms with Gasteiger partial charge in [-0.1, -0.05) is 22.9 Å². The molecule has 5 heteroatoms. The molecule has 19 heavy (non-hydrogen) atoms. The van der Waals surface area contributed by atoms with Crippen molar-refractivity contribution < 1.29 is 4.39 Å². The molecule has 0 spiro atoms. The van der Waals surface area contributed by atoms with Crippen LogP contribution in [0.2, 0.25) is 0 Å². The molecule has 1 aromatic heterocycles. The van der Waals surface area contributed by atoms with Crippen molar-refractivity contribution in [1.82, 2.24) is 15.1 Å². The van der Waals surface area contributed by atoms with Gasteiger partial charge >= 0.3 is 0 Å². The van der Waals surface area contributed by atoms with Crippen LogP contribution in [-0.2, 0) is 6.54 Å². The van der Waals surface area contributed by atoms with E-state index in [2.05, 4.69) is 33.3 Å². The van der Waals surface area contributed by atoms with Crippen LogP contribution in [0.4, 0.5) is 4.39 Å². The molecule has 0 saturated carbocycles. The van der Waals surface area contributed by atoms with Crippen LogP contribution in [0.25, 0.3) is 0 Å². The molecule has 1 aromatic carbocycles. The third kappa shape index (κ3) is 3.42. The number of rotatable bonds is 5. The molecule has 2 aromatic rings. The van der Waals surface area contributed by atoms with Gasteiger partial charge in [0.2, 0.25) is 0 Å². The van der Waals surface area contributed by atoms with Gasteiger partial charge in [0.15, 0.2) is 0 Å². The Kier molecular flexibility index (Phi) is 4.71. The lowest BCUT2D eigenvalue weighted by molar-refractivity contribution is 0.599. The Bertz CT molecular complexity index is 533. The van der Waals surface area contributed by atoms with Gasteiger partial charge in [0, 0.05) is 22.8 Å². The Morgan fingerprint density at radius 1 is 1.37 bits per heavy atom. The number of benzene rings is 1. The molecule has 0 bridgehead atoms. The number of hydrogen-bond acceptors (Lipinski definition) is 2. The molecule has 3 nitrogen and oxygen atoms in total. The predicted molar refractivity (Wildman–Crippen MR) is 77.5 cm³/mol. The average molecular weight is 326 g/mol. The predicted octanol–water partition coefficient (Wildman–Crippen LogP) is 3.50. The second-order valence-corrected chi connectivity index (χ2v) is 5.38. The maximum Gasteiger partial charge on any atom is 0.124 e. The van der Waals surface area contributed by atoms with E-state index in [9.17, 15) is 4.39 Å². The standard InChI is InChI=1S/C14H17BrFN3/c1-3-4-19-9-11(8-18-19)14(17-2)10-5-12(15)7-13(16)6-10/h5-9,14,17H,3-4H2,1-2H3. The number of aryl methyl sites for hydroxylation is 1. The summed E-state index contributed by atoms with van der Waals surface area (Å²) in [5.74, 6) is -0.245. The van der Waals surface area contributed by atoms with Gasteiger partial charge < -0.3 is 5.32 Å². The lowest BCUT2D eigenvalue weighted by Crippen LogP contribution is -2.17.